The molecule has 0 fully saturated rings. The van der Waals surface area contributed by atoms with Gasteiger partial charge in [-0.3, -0.25) is 0 Å². The van der Waals surface area contributed by atoms with E-state index < -0.39 is 22.1 Å². The zero-order chi connectivity index (χ0) is 15.3. The van der Waals surface area contributed by atoms with Crippen LogP contribution in [0.1, 0.15) is 33.3 Å². The monoisotopic (exact) mass is 313 g/mol. The van der Waals surface area contributed by atoms with Crippen molar-refractivity contribution < 1.29 is 14.5 Å². The summed E-state index contributed by atoms with van der Waals surface area (Å²) in [5.74, 6) is -0.216. The number of benzene rings is 1. The van der Waals surface area contributed by atoms with E-state index in [0.29, 0.717) is 5.56 Å². The zero-order valence-corrected chi connectivity index (χ0v) is 13.7. The van der Waals surface area contributed by atoms with Crippen LogP contribution < -0.4 is 0 Å². The van der Waals surface area contributed by atoms with Crippen LogP contribution in [0.3, 0.4) is 0 Å². The van der Waals surface area contributed by atoms with Gasteiger partial charge in [0, 0.05) is 10.5 Å². The number of hydrogen-bond acceptors (Lipinski definition) is 4. The summed E-state index contributed by atoms with van der Waals surface area (Å²) >= 11 is 0.0797. The number of thioether (sulfide) groups is 1. The fourth-order valence-corrected chi connectivity index (χ4v) is 2.60. The Bertz CT molecular complexity index is 492. The summed E-state index contributed by atoms with van der Waals surface area (Å²) in [6.45, 7) is 7.32. The van der Waals surface area contributed by atoms with Crippen LogP contribution in [0.5, 0.6) is 0 Å². The summed E-state index contributed by atoms with van der Waals surface area (Å²) in [5, 5.41) is 9.24. The quantitative estimate of drug-likeness (QED) is 0.515. The van der Waals surface area contributed by atoms with Gasteiger partial charge in [-0.2, -0.15) is 0 Å². The molecule has 0 heterocycles. The van der Waals surface area contributed by atoms with Crippen molar-refractivity contribution in [1.82, 2.24) is 0 Å². The van der Waals surface area contributed by atoms with Crippen LogP contribution in [0.4, 0.5) is 0 Å². The summed E-state index contributed by atoms with van der Waals surface area (Å²) in [4.78, 5) is 12.4. The Morgan fingerprint density at radius 1 is 1.35 bits per heavy atom. The van der Waals surface area contributed by atoms with E-state index in [9.17, 15) is 14.5 Å². The maximum absolute atomic E-state index is 12.0. The Morgan fingerprint density at radius 3 is 2.30 bits per heavy atom. The zero-order valence-electron chi connectivity index (χ0n) is 12.0. The molecule has 1 rings (SSSR count). The van der Waals surface area contributed by atoms with Crippen LogP contribution in [0, 0.1) is 0 Å². The van der Waals surface area contributed by atoms with Crippen molar-refractivity contribution in [3.8, 4) is 0 Å². The first-order valence-corrected chi connectivity index (χ1v) is 8.32. The standard InChI is InChI=1S/C14H19NO3S2/c1-5-19-11-8-6-10(7-9-11)12(13(16)17)15-20(18)14(2,3)4/h6-9H,5H2,1-4H3,(H,16,17). The van der Waals surface area contributed by atoms with E-state index in [2.05, 4.69) is 11.3 Å². The topological polar surface area (TPSA) is 72.7 Å². The van der Waals surface area contributed by atoms with E-state index in [1.165, 1.54) is 0 Å². The molecule has 1 aromatic rings. The first-order valence-electron chi connectivity index (χ1n) is 6.23. The van der Waals surface area contributed by atoms with Crippen LogP contribution in [0.25, 0.3) is 0 Å². The average Bonchev–Trinajstić information content (AvgIpc) is 2.35. The molecule has 0 bridgehead atoms. The summed E-state index contributed by atoms with van der Waals surface area (Å²) in [6, 6.07) is 7.10. The smallest absolute Gasteiger partial charge is 0.359 e. The molecule has 0 saturated carbocycles. The molecule has 0 aliphatic heterocycles. The van der Waals surface area contributed by atoms with Crippen molar-refractivity contribution >= 4 is 34.8 Å². The molecule has 0 spiro atoms. The van der Waals surface area contributed by atoms with Crippen molar-refractivity contribution in [2.24, 2.45) is 4.40 Å². The summed E-state index contributed by atoms with van der Waals surface area (Å²) in [6.07, 6.45) is 0. The van der Waals surface area contributed by atoms with Gasteiger partial charge in [0.2, 0.25) is 5.71 Å². The molecule has 1 atom stereocenters. The maximum atomic E-state index is 12.0. The molecule has 0 aromatic heterocycles. The van der Waals surface area contributed by atoms with Gasteiger partial charge in [-0.15, -0.1) is 11.8 Å². The Labute approximate surface area is 127 Å². The fourth-order valence-electron chi connectivity index (χ4n) is 1.31. The largest absolute Gasteiger partial charge is 0.591 e. The molecule has 4 nitrogen and oxygen atoms in total. The third-order valence-electron chi connectivity index (χ3n) is 2.34. The van der Waals surface area contributed by atoms with Crippen molar-refractivity contribution in [2.45, 2.75) is 37.3 Å². The first-order chi connectivity index (χ1) is 9.25. The lowest BCUT2D eigenvalue weighted by Crippen LogP contribution is -2.28. The minimum Gasteiger partial charge on any atom is -0.591 e. The molecule has 1 unspecified atom stereocenters. The third-order valence-corrected chi connectivity index (χ3v) is 4.63. The van der Waals surface area contributed by atoms with E-state index in [4.69, 9.17) is 0 Å². The molecular formula is C14H19NO3S2. The summed E-state index contributed by atoms with van der Waals surface area (Å²) < 4.78 is 15.3. The molecule has 0 aliphatic rings. The highest BCUT2D eigenvalue weighted by Crippen LogP contribution is 2.21. The van der Waals surface area contributed by atoms with Crippen LogP contribution in [-0.4, -0.2) is 31.8 Å². The van der Waals surface area contributed by atoms with Gasteiger partial charge in [-0.1, -0.05) is 23.5 Å². The van der Waals surface area contributed by atoms with Gasteiger partial charge in [0.1, 0.15) is 16.1 Å². The molecule has 1 aromatic carbocycles. The van der Waals surface area contributed by atoms with Crippen LogP contribution >= 0.6 is 11.8 Å². The Kier molecular flexibility index (Phi) is 6.10. The molecule has 0 aliphatic carbocycles. The first kappa shape index (κ1) is 17.1. The van der Waals surface area contributed by atoms with Gasteiger partial charge >= 0.3 is 5.97 Å². The second-order valence-corrected chi connectivity index (χ2v) is 8.31. The number of hydrogen-bond donors (Lipinski definition) is 1. The van der Waals surface area contributed by atoms with Crippen LogP contribution in [0.15, 0.2) is 33.6 Å². The normalized spacial score (nSPS) is 14.2. The lowest BCUT2D eigenvalue weighted by molar-refractivity contribution is -0.129. The number of carboxylic acid groups (broad SMARTS) is 1. The van der Waals surface area contributed by atoms with Crippen LogP contribution in [0.2, 0.25) is 0 Å². The van der Waals surface area contributed by atoms with Crippen molar-refractivity contribution in [2.75, 3.05) is 5.75 Å². The van der Waals surface area contributed by atoms with Gasteiger partial charge in [0.05, 0.1) is 0 Å². The Morgan fingerprint density at radius 2 is 1.90 bits per heavy atom. The van der Waals surface area contributed by atoms with Gasteiger partial charge in [0.15, 0.2) is 0 Å². The van der Waals surface area contributed by atoms with E-state index >= 15 is 0 Å². The molecule has 0 saturated heterocycles. The Balaban J connectivity index is 3.08. The van der Waals surface area contributed by atoms with Crippen molar-refractivity contribution in [3.05, 3.63) is 29.8 Å². The molecule has 6 heteroatoms. The van der Waals surface area contributed by atoms with E-state index in [0.717, 1.165) is 10.6 Å². The molecular weight excluding hydrogens is 294 g/mol. The highest BCUT2D eigenvalue weighted by molar-refractivity contribution is 7.99. The van der Waals surface area contributed by atoms with Gasteiger partial charge in [0.25, 0.3) is 0 Å². The molecule has 20 heavy (non-hydrogen) atoms. The van der Waals surface area contributed by atoms with E-state index in [1.54, 1.807) is 44.7 Å². The van der Waals surface area contributed by atoms with Gasteiger partial charge in [-0.05, 0) is 38.7 Å². The molecule has 1 N–H and O–H groups in total. The van der Waals surface area contributed by atoms with Gasteiger partial charge < -0.3 is 9.66 Å². The van der Waals surface area contributed by atoms with Crippen LogP contribution in [-0.2, 0) is 16.2 Å². The number of rotatable bonds is 5. The fraction of sp³-hybridized carbons (Fsp3) is 0.429. The minimum atomic E-state index is -1.60. The average molecular weight is 313 g/mol. The Hall–Kier alpha value is -0.980. The number of aliphatic carboxylic acids is 1. The summed E-state index contributed by atoms with van der Waals surface area (Å²) in [5.41, 5.74) is 0.307. The van der Waals surface area contributed by atoms with Crippen molar-refractivity contribution in [3.63, 3.8) is 0 Å². The van der Waals surface area contributed by atoms with Gasteiger partial charge in [-0.25, -0.2) is 4.79 Å². The predicted molar refractivity (Wildman–Crippen MR) is 84.9 cm³/mol. The molecule has 0 amide bonds. The number of carbonyl (C=O) groups is 1. The second-order valence-electron chi connectivity index (χ2n) is 5.06. The number of nitrogens with zero attached hydrogens (tertiary/aromatic N) is 1. The molecule has 0 radical (unpaired) electrons. The van der Waals surface area contributed by atoms with Crippen molar-refractivity contribution in [1.29, 1.82) is 0 Å². The minimum absolute atomic E-state index is 0.161. The van der Waals surface area contributed by atoms with E-state index in [1.807, 2.05) is 12.1 Å². The lowest BCUT2D eigenvalue weighted by atomic mass is 10.1. The SMILES string of the molecule is CCSc1ccc(C(=N[S+]([O-])C(C)(C)C)C(=O)O)cc1. The number of carboxylic acids is 1. The highest BCUT2D eigenvalue weighted by Gasteiger charge is 2.29. The summed E-state index contributed by atoms with van der Waals surface area (Å²) in [7, 11) is 0. The molecule has 110 valence electrons. The maximum Gasteiger partial charge on any atom is 0.359 e. The highest BCUT2D eigenvalue weighted by atomic mass is 32.2. The lowest BCUT2D eigenvalue weighted by Gasteiger charge is -2.18. The predicted octanol–water partition coefficient (Wildman–Crippen LogP) is 3.13. The third kappa shape index (κ3) is 4.85. The van der Waals surface area contributed by atoms with E-state index in [-0.39, 0.29) is 5.71 Å². The second kappa shape index (κ2) is 7.15.